The molecular formula is C11H16FNO2. The van der Waals surface area contributed by atoms with E-state index in [1.165, 1.54) is 12.1 Å². The third-order valence-corrected chi connectivity index (χ3v) is 2.00. The SMILES string of the molecule is COc1ccc(F)cc1CNCC(C)O. The normalized spacial score (nSPS) is 12.5. The predicted octanol–water partition coefficient (Wildman–Crippen LogP) is 1.30. The minimum absolute atomic E-state index is 0.287. The predicted molar refractivity (Wildman–Crippen MR) is 56.3 cm³/mol. The zero-order chi connectivity index (χ0) is 11.3. The molecule has 0 radical (unpaired) electrons. The first kappa shape index (κ1) is 11.9. The van der Waals surface area contributed by atoms with Gasteiger partial charge in [0.15, 0.2) is 0 Å². The molecule has 0 fully saturated rings. The van der Waals surface area contributed by atoms with E-state index in [4.69, 9.17) is 9.84 Å². The molecule has 2 N–H and O–H groups in total. The van der Waals surface area contributed by atoms with Gasteiger partial charge in [0.2, 0.25) is 0 Å². The summed E-state index contributed by atoms with van der Waals surface area (Å²) in [5.74, 6) is 0.360. The fourth-order valence-corrected chi connectivity index (χ4v) is 1.30. The Morgan fingerprint density at radius 1 is 1.53 bits per heavy atom. The highest BCUT2D eigenvalue weighted by molar-refractivity contribution is 5.33. The van der Waals surface area contributed by atoms with E-state index in [0.717, 1.165) is 5.56 Å². The number of rotatable bonds is 5. The molecule has 3 nitrogen and oxygen atoms in total. The van der Waals surface area contributed by atoms with E-state index >= 15 is 0 Å². The van der Waals surface area contributed by atoms with Crippen LogP contribution in [0.25, 0.3) is 0 Å². The van der Waals surface area contributed by atoms with Crippen LogP contribution < -0.4 is 10.1 Å². The van der Waals surface area contributed by atoms with Crippen LogP contribution in [0.1, 0.15) is 12.5 Å². The van der Waals surface area contributed by atoms with Crippen molar-refractivity contribution < 1.29 is 14.2 Å². The molecule has 0 aliphatic rings. The zero-order valence-electron chi connectivity index (χ0n) is 8.96. The Labute approximate surface area is 88.9 Å². The maximum absolute atomic E-state index is 12.9. The van der Waals surface area contributed by atoms with Crippen molar-refractivity contribution in [1.82, 2.24) is 5.32 Å². The van der Waals surface area contributed by atoms with Crippen LogP contribution in [-0.2, 0) is 6.54 Å². The van der Waals surface area contributed by atoms with Crippen molar-refractivity contribution >= 4 is 0 Å². The van der Waals surface area contributed by atoms with Crippen LogP contribution >= 0.6 is 0 Å². The Bertz CT molecular complexity index is 315. The van der Waals surface area contributed by atoms with E-state index in [9.17, 15) is 4.39 Å². The molecule has 1 atom stereocenters. The second kappa shape index (κ2) is 5.68. The molecule has 0 aromatic heterocycles. The van der Waals surface area contributed by atoms with E-state index in [2.05, 4.69) is 5.32 Å². The van der Waals surface area contributed by atoms with E-state index in [0.29, 0.717) is 18.8 Å². The molecule has 84 valence electrons. The Hall–Kier alpha value is -1.13. The number of hydrogen-bond acceptors (Lipinski definition) is 3. The van der Waals surface area contributed by atoms with E-state index in [-0.39, 0.29) is 5.82 Å². The molecule has 1 rings (SSSR count). The second-order valence-corrected chi connectivity index (χ2v) is 3.44. The molecule has 0 spiro atoms. The fourth-order valence-electron chi connectivity index (χ4n) is 1.30. The lowest BCUT2D eigenvalue weighted by molar-refractivity contribution is 0.191. The van der Waals surface area contributed by atoms with Crippen molar-refractivity contribution in [2.75, 3.05) is 13.7 Å². The Morgan fingerprint density at radius 3 is 2.87 bits per heavy atom. The van der Waals surface area contributed by atoms with E-state index in [1.807, 2.05) is 0 Å². The molecule has 1 aromatic rings. The van der Waals surface area contributed by atoms with Gasteiger partial charge in [0, 0.05) is 18.7 Å². The van der Waals surface area contributed by atoms with Crippen LogP contribution in [0, 0.1) is 5.82 Å². The zero-order valence-corrected chi connectivity index (χ0v) is 8.96. The molecule has 0 aliphatic heterocycles. The first-order valence-electron chi connectivity index (χ1n) is 4.84. The Kier molecular flexibility index (Phi) is 4.52. The third-order valence-electron chi connectivity index (χ3n) is 2.00. The number of hydrogen-bond donors (Lipinski definition) is 2. The number of methoxy groups -OCH3 is 1. The molecule has 0 heterocycles. The molecule has 0 amide bonds. The molecule has 0 bridgehead atoms. The lowest BCUT2D eigenvalue weighted by Crippen LogP contribution is -2.24. The third kappa shape index (κ3) is 3.85. The maximum Gasteiger partial charge on any atom is 0.123 e. The van der Waals surface area contributed by atoms with Crippen LogP contribution in [0.4, 0.5) is 4.39 Å². The summed E-state index contributed by atoms with van der Waals surface area (Å²) in [7, 11) is 1.55. The van der Waals surface area contributed by atoms with E-state index in [1.54, 1.807) is 20.1 Å². The van der Waals surface area contributed by atoms with Crippen molar-refractivity contribution in [2.24, 2.45) is 0 Å². The highest BCUT2D eigenvalue weighted by Gasteiger charge is 2.04. The molecule has 15 heavy (non-hydrogen) atoms. The summed E-state index contributed by atoms with van der Waals surface area (Å²) in [6, 6.07) is 4.37. The first-order valence-corrected chi connectivity index (χ1v) is 4.84. The number of nitrogens with one attached hydrogen (secondary N) is 1. The largest absolute Gasteiger partial charge is 0.496 e. The minimum Gasteiger partial charge on any atom is -0.496 e. The van der Waals surface area contributed by atoms with Crippen LogP contribution in [-0.4, -0.2) is 24.9 Å². The van der Waals surface area contributed by atoms with Gasteiger partial charge in [-0.25, -0.2) is 4.39 Å². The number of benzene rings is 1. The smallest absolute Gasteiger partial charge is 0.123 e. The summed E-state index contributed by atoms with van der Waals surface area (Å²) in [6.45, 7) is 2.64. The van der Waals surface area contributed by atoms with Gasteiger partial charge in [0.05, 0.1) is 13.2 Å². The van der Waals surface area contributed by atoms with Crippen molar-refractivity contribution in [3.05, 3.63) is 29.6 Å². The lowest BCUT2D eigenvalue weighted by atomic mass is 10.2. The molecular weight excluding hydrogens is 197 g/mol. The highest BCUT2D eigenvalue weighted by atomic mass is 19.1. The van der Waals surface area contributed by atoms with Gasteiger partial charge in [-0.1, -0.05) is 0 Å². The number of ether oxygens (including phenoxy) is 1. The van der Waals surface area contributed by atoms with Gasteiger partial charge in [-0.3, -0.25) is 0 Å². The van der Waals surface area contributed by atoms with Gasteiger partial charge < -0.3 is 15.2 Å². The summed E-state index contributed by atoms with van der Waals surface area (Å²) >= 11 is 0. The van der Waals surface area contributed by atoms with Gasteiger partial charge in [0.1, 0.15) is 11.6 Å². The van der Waals surface area contributed by atoms with Crippen LogP contribution in [0.5, 0.6) is 5.75 Å². The quantitative estimate of drug-likeness (QED) is 0.774. The Balaban J connectivity index is 2.62. The van der Waals surface area contributed by atoms with E-state index < -0.39 is 6.10 Å². The van der Waals surface area contributed by atoms with Gasteiger partial charge in [-0.05, 0) is 25.1 Å². The summed E-state index contributed by atoms with van der Waals surface area (Å²) in [6.07, 6.45) is -0.412. The average molecular weight is 213 g/mol. The van der Waals surface area contributed by atoms with Gasteiger partial charge >= 0.3 is 0 Å². The Morgan fingerprint density at radius 2 is 2.27 bits per heavy atom. The number of halogens is 1. The van der Waals surface area contributed by atoms with Gasteiger partial charge in [-0.15, -0.1) is 0 Å². The molecule has 1 aromatic carbocycles. The van der Waals surface area contributed by atoms with Crippen molar-refractivity contribution in [3.63, 3.8) is 0 Å². The molecule has 1 unspecified atom stereocenters. The standard InChI is InChI=1S/C11H16FNO2/c1-8(14)6-13-7-9-5-10(12)3-4-11(9)15-2/h3-5,8,13-14H,6-7H2,1-2H3. The monoisotopic (exact) mass is 213 g/mol. The second-order valence-electron chi connectivity index (χ2n) is 3.44. The van der Waals surface area contributed by atoms with Gasteiger partial charge in [0.25, 0.3) is 0 Å². The summed E-state index contributed by atoms with van der Waals surface area (Å²) < 4.78 is 18.0. The summed E-state index contributed by atoms with van der Waals surface area (Å²) in [5, 5.41) is 12.1. The molecule has 4 heteroatoms. The van der Waals surface area contributed by atoms with Crippen molar-refractivity contribution in [1.29, 1.82) is 0 Å². The number of aliphatic hydroxyl groups excluding tert-OH is 1. The first-order chi connectivity index (χ1) is 7.13. The fraction of sp³-hybridized carbons (Fsp3) is 0.455. The minimum atomic E-state index is -0.412. The van der Waals surface area contributed by atoms with Gasteiger partial charge in [-0.2, -0.15) is 0 Å². The molecule has 0 saturated heterocycles. The van der Waals surface area contributed by atoms with Crippen molar-refractivity contribution in [2.45, 2.75) is 19.6 Å². The topological polar surface area (TPSA) is 41.5 Å². The van der Waals surface area contributed by atoms with Crippen LogP contribution in [0.2, 0.25) is 0 Å². The maximum atomic E-state index is 12.9. The van der Waals surface area contributed by atoms with Crippen LogP contribution in [0.3, 0.4) is 0 Å². The van der Waals surface area contributed by atoms with Crippen LogP contribution in [0.15, 0.2) is 18.2 Å². The molecule has 0 aliphatic carbocycles. The number of aliphatic hydroxyl groups is 1. The summed E-state index contributed by atoms with van der Waals surface area (Å²) in [5.41, 5.74) is 0.748. The van der Waals surface area contributed by atoms with Crippen molar-refractivity contribution in [3.8, 4) is 5.75 Å². The lowest BCUT2D eigenvalue weighted by Gasteiger charge is -2.10. The molecule has 0 saturated carbocycles. The highest BCUT2D eigenvalue weighted by Crippen LogP contribution is 2.18. The average Bonchev–Trinajstić information content (AvgIpc) is 2.17. The summed E-state index contributed by atoms with van der Waals surface area (Å²) in [4.78, 5) is 0.